The highest BCUT2D eigenvalue weighted by molar-refractivity contribution is 7.91. The Morgan fingerprint density at radius 3 is 2.50 bits per heavy atom. The molecular formula is C16H13FN4O2S. The summed E-state index contributed by atoms with van der Waals surface area (Å²) in [5.74, 6) is -0.487. The van der Waals surface area contributed by atoms with Gasteiger partial charge < -0.3 is 0 Å². The summed E-state index contributed by atoms with van der Waals surface area (Å²) in [5, 5.41) is 0. The van der Waals surface area contributed by atoms with Gasteiger partial charge in [0.15, 0.2) is 0 Å². The number of halogens is 1. The highest BCUT2D eigenvalue weighted by Gasteiger charge is 2.14. The summed E-state index contributed by atoms with van der Waals surface area (Å²) < 4.78 is 38.6. The molecule has 3 aromatic rings. The van der Waals surface area contributed by atoms with Crippen LogP contribution in [0.2, 0.25) is 0 Å². The molecule has 2 heterocycles. The number of rotatable bonds is 4. The fourth-order valence-corrected chi connectivity index (χ4v) is 2.63. The van der Waals surface area contributed by atoms with Gasteiger partial charge in [0.2, 0.25) is 16.0 Å². The molecule has 1 aromatic carbocycles. The highest BCUT2D eigenvalue weighted by atomic mass is 32.2. The number of nitrogens with zero attached hydrogens (tertiary/aromatic N) is 3. The zero-order valence-electron chi connectivity index (χ0n) is 12.6. The maximum atomic E-state index is 13.6. The van der Waals surface area contributed by atoms with Gasteiger partial charge in [-0.05, 0) is 29.8 Å². The van der Waals surface area contributed by atoms with E-state index in [4.69, 9.17) is 0 Å². The SMILES string of the molecule is CS(=O)(=O)Nc1ncc(-c2ccncc2)c(-c2cccc(F)c2)n1. The molecule has 3 rings (SSSR count). The molecule has 0 unspecified atom stereocenters. The normalized spacial score (nSPS) is 11.2. The molecule has 6 nitrogen and oxygen atoms in total. The zero-order chi connectivity index (χ0) is 17.2. The quantitative estimate of drug-likeness (QED) is 0.786. The van der Waals surface area contributed by atoms with Gasteiger partial charge in [0.1, 0.15) is 5.82 Å². The summed E-state index contributed by atoms with van der Waals surface area (Å²) in [5.41, 5.74) is 2.36. The summed E-state index contributed by atoms with van der Waals surface area (Å²) in [4.78, 5) is 12.3. The largest absolute Gasteiger partial charge is 0.265 e. The lowest BCUT2D eigenvalue weighted by Gasteiger charge is -2.11. The Hall–Kier alpha value is -2.87. The average molecular weight is 344 g/mol. The number of hydrogen-bond donors (Lipinski definition) is 1. The fraction of sp³-hybridized carbons (Fsp3) is 0.0625. The Labute approximate surface area is 138 Å². The van der Waals surface area contributed by atoms with Crippen molar-refractivity contribution in [2.75, 3.05) is 11.0 Å². The molecule has 0 aliphatic rings. The van der Waals surface area contributed by atoms with Crippen molar-refractivity contribution in [3.05, 3.63) is 60.8 Å². The molecule has 0 aliphatic heterocycles. The van der Waals surface area contributed by atoms with Gasteiger partial charge in [0.05, 0.1) is 11.9 Å². The van der Waals surface area contributed by atoms with Gasteiger partial charge in [-0.2, -0.15) is 0 Å². The van der Waals surface area contributed by atoms with Crippen LogP contribution in [0.4, 0.5) is 10.3 Å². The third-order valence-corrected chi connectivity index (χ3v) is 3.71. The van der Waals surface area contributed by atoms with Gasteiger partial charge in [-0.1, -0.05) is 12.1 Å². The first-order valence-electron chi connectivity index (χ1n) is 6.93. The second-order valence-corrected chi connectivity index (χ2v) is 6.82. The molecule has 8 heteroatoms. The van der Waals surface area contributed by atoms with E-state index in [0.717, 1.165) is 11.8 Å². The summed E-state index contributed by atoms with van der Waals surface area (Å²) in [6, 6.07) is 9.45. The predicted octanol–water partition coefficient (Wildman–Crippen LogP) is 2.72. The summed E-state index contributed by atoms with van der Waals surface area (Å²) >= 11 is 0. The Balaban J connectivity index is 2.19. The van der Waals surface area contributed by atoms with E-state index < -0.39 is 15.8 Å². The molecule has 2 aromatic heterocycles. The molecule has 0 radical (unpaired) electrons. The molecule has 0 saturated carbocycles. The molecular weight excluding hydrogens is 331 g/mol. The first kappa shape index (κ1) is 16.0. The molecule has 1 N–H and O–H groups in total. The number of pyridine rings is 1. The summed E-state index contributed by atoms with van der Waals surface area (Å²) in [7, 11) is -3.52. The van der Waals surface area contributed by atoms with Crippen LogP contribution in [0, 0.1) is 5.82 Å². The first-order valence-corrected chi connectivity index (χ1v) is 8.83. The van der Waals surface area contributed by atoms with Crippen molar-refractivity contribution in [1.29, 1.82) is 0 Å². The first-order chi connectivity index (χ1) is 11.4. The number of sulfonamides is 1. The van der Waals surface area contributed by atoms with E-state index >= 15 is 0 Å². The van der Waals surface area contributed by atoms with Crippen molar-refractivity contribution in [3.8, 4) is 22.4 Å². The van der Waals surface area contributed by atoms with Crippen molar-refractivity contribution >= 4 is 16.0 Å². The number of hydrogen-bond acceptors (Lipinski definition) is 5. The van der Waals surface area contributed by atoms with Crippen molar-refractivity contribution in [2.24, 2.45) is 0 Å². The molecule has 0 amide bonds. The van der Waals surface area contributed by atoms with Gasteiger partial charge in [0.25, 0.3) is 0 Å². The van der Waals surface area contributed by atoms with Gasteiger partial charge >= 0.3 is 0 Å². The van der Waals surface area contributed by atoms with Crippen molar-refractivity contribution in [3.63, 3.8) is 0 Å². The van der Waals surface area contributed by atoms with E-state index in [9.17, 15) is 12.8 Å². The molecule has 0 fully saturated rings. The van der Waals surface area contributed by atoms with Crippen molar-refractivity contribution in [1.82, 2.24) is 15.0 Å². The Morgan fingerprint density at radius 1 is 1.08 bits per heavy atom. The van der Waals surface area contributed by atoms with Crippen LogP contribution < -0.4 is 4.72 Å². The van der Waals surface area contributed by atoms with Crippen LogP contribution in [-0.2, 0) is 10.0 Å². The van der Waals surface area contributed by atoms with Crippen LogP contribution in [0.5, 0.6) is 0 Å². The lowest BCUT2D eigenvalue weighted by Crippen LogP contribution is -2.12. The Bertz CT molecular complexity index is 978. The molecule has 0 saturated heterocycles. The Kier molecular flexibility index (Phi) is 4.22. The lowest BCUT2D eigenvalue weighted by atomic mass is 10.0. The molecule has 0 spiro atoms. The standard InChI is InChI=1S/C16H13FN4O2S/c1-24(22,23)21-16-19-10-14(11-5-7-18-8-6-11)15(20-16)12-3-2-4-13(17)9-12/h2-10H,1H3,(H,19,20,21). The zero-order valence-corrected chi connectivity index (χ0v) is 13.5. The van der Waals surface area contributed by atoms with Gasteiger partial charge in [-0.15, -0.1) is 0 Å². The van der Waals surface area contributed by atoms with E-state index in [1.165, 1.54) is 18.3 Å². The molecule has 0 atom stereocenters. The van der Waals surface area contributed by atoms with Crippen LogP contribution >= 0.6 is 0 Å². The van der Waals surface area contributed by atoms with E-state index in [-0.39, 0.29) is 5.95 Å². The number of aromatic nitrogens is 3. The maximum Gasteiger partial charge on any atom is 0.237 e. The van der Waals surface area contributed by atoms with Crippen molar-refractivity contribution < 1.29 is 12.8 Å². The molecule has 0 bridgehead atoms. The third-order valence-electron chi connectivity index (χ3n) is 3.15. The third kappa shape index (κ3) is 3.72. The molecule has 24 heavy (non-hydrogen) atoms. The van der Waals surface area contributed by atoms with Crippen LogP contribution in [0.15, 0.2) is 55.0 Å². The highest BCUT2D eigenvalue weighted by Crippen LogP contribution is 2.30. The van der Waals surface area contributed by atoms with Crippen LogP contribution in [-0.4, -0.2) is 29.6 Å². The van der Waals surface area contributed by atoms with Gasteiger partial charge in [-0.25, -0.2) is 22.8 Å². The maximum absolute atomic E-state index is 13.6. The van der Waals surface area contributed by atoms with E-state index in [0.29, 0.717) is 16.8 Å². The smallest absolute Gasteiger partial charge is 0.237 e. The average Bonchev–Trinajstić information content (AvgIpc) is 2.54. The van der Waals surface area contributed by atoms with E-state index in [1.54, 1.807) is 36.7 Å². The topological polar surface area (TPSA) is 84.8 Å². The van der Waals surface area contributed by atoms with E-state index in [1.807, 2.05) is 0 Å². The van der Waals surface area contributed by atoms with E-state index in [2.05, 4.69) is 19.7 Å². The monoisotopic (exact) mass is 344 g/mol. The number of nitrogens with one attached hydrogen (secondary N) is 1. The van der Waals surface area contributed by atoms with Gasteiger partial charge in [-0.3, -0.25) is 9.71 Å². The number of benzene rings is 1. The van der Waals surface area contributed by atoms with Crippen LogP contribution in [0.25, 0.3) is 22.4 Å². The minimum absolute atomic E-state index is 0.0745. The van der Waals surface area contributed by atoms with Crippen LogP contribution in [0.3, 0.4) is 0 Å². The predicted molar refractivity (Wildman–Crippen MR) is 89.1 cm³/mol. The second kappa shape index (κ2) is 6.32. The molecule has 0 aliphatic carbocycles. The lowest BCUT2D eigenvalue weighted by molar-refractivity contribution is 0.606. The number of anilines is 1. The molecule has 122 valence electrons. The minimum Gasteiger partial charge on any atom is -0.265 e. The minimum atomic E-state index is -3.52. The van der Waals surface area contributed by atoms with Crippen LogP contribution in [0.1, 0.15) is 0 Å². The van der Waals surface area contributed by atoms with Gasteiger partial charge in [0, 0.05) is 29.7 Å². The summed E-state index contributed by atoms with van der Waals surface area (Å²) in [6.07, 6.45) is 5.74. The van der Waals surface area contributed by atoms with Crippen molar-refractivity contribution in [2.45, 2.75) is 0 Å². The fourth-order valence-electron chi connectivity index (χ4n) is 2.20. The second-order valence-electron chi connectivity index (χ2n) is 5.08. The summed E-state index contributed by atoms with van der Waals surface area (Å²) in [6.45, 7) is 0. The Morgan fingerprint density at radius 2 is 1.83 bits per heavy atom.